The van der Waals surface area contributed by atoms with Gasteiger partial charge >= 0.3 is 5.97 Å². The summed E-state index contributed by atoms with van der Waals surface area (Å²) in [7, 11) is 0. The first kappa shape index (κ1) is 22.5. The molecule has 1 N–H and O–H groups in total. The van der Waals surface area contributed by atoms with Gasteiger partial charge in [-0.25, -0.2) is 4.79 Å². The van der Waals surface area contributed by atoms with E-state index in [1.54, 1.807) is 0 Å². The minimum Gasteiger partial charge on any atom is -0.456 e. The number of nitrogens with one attached hydrogen (secondary N) is 1. The molecule has 0 spiro atoms. The lowest BCUT2D eigenvalue weighted by Crippen LogP contribution is -2.44. The molecule has 1 unspecified atom stereocenters. The van der Waals surface area contributed by atoms with Crippen molar-refractivity contribution >= 4 is 58.4 Å². The molecule has 3 rings (SSSR count). The predicted molar refractivity (Wildman–Crippen MR) is 112 cm³/mol. The molecule has 31 heavy (non-hydrogen) atoms. The Hall–Kier alpha value is -3.23. The molecule has 2 aromatic carbocycles. The molecular formula is C21H16Cl2N2O6. The summed E-state index contributed by atoms with van der Waals surface area (Å²) < 4.78 is 5.01. The molecule has 1 aliphatic rings. The highest BCUT2D eigenvalue weighted by Gasteiger charge is 2.42. The highest BCUT2D eigenvalue weighted by molar-refractivity contribution is 6.43. The molecule has 0 radical (unpaired) electrons. The van der Waals surface area contributed by atoms with Gasteiger partial charge in [0.2, 0.25) is 5.91 Å². The quantitative estimate of drug-likeness (QED) is 0.400. The largest absolute Gasteiger partial charge is 0.456 e. The molecule has 0 aliphatic carbocycles. The summed E-state index contributed by atoms with van der Waals surface area (Å²) in [6.45, 7) is 2.10. The van der Waals surface area contributed by atoms with Crippen molar-refractivity contribution in [1.29, 1.82) is 0 Å². The van der Waals surface area contributed by atoms with E-state index in [0.29, 0.717) is 5.69 Å². The van der Waals surface area contributed by atoms with Gasteiger partial charge in [0.05, 0.1) is 21.2 Å². The van der Waals surface area contributed by atoms with Gasteiger partial charge < -0.3 is 10.1 Å². The molecule has 160 valence electrons. The Morgan fingerprint density at radius 1 is 1.00 bits per heavy atom. The van der Waals surface area contributed by atoms with E-state index in [0.717, 1.165) is 4.90 Å². The molecule has 0 fully saturated rings. The molecule has 0 bridgehead atoms. The lowest BCUT2D eigenvalue weighted by Gasteiger charge is -2.20. The van der Waals surface area contributed by atoms with E-state index in [2.05, 4.69) is 5.32 Å². The van der Waals surface area contributed by atoms with Crippen LogP contribution in [0, 0.1) is 0 Å². The zero-order chi connectivity index (χ0) is 22.9. The van der Waals surface area contributed by atoms with Gasteiger partial charge in [0.15, 0.2) is 12.4 Å². The minimum atomic E-state index is -1.26. The normalized spacial score (nSPS) is 13.6. The van der Waals surface area contributed by atoms with Crippen LogP contribution >= 0.6 is 23.2 Å². The molecular weight excluding hydrogens is 447 g/mol. The van der Waals surface area contributed by atoms with Gasteiger partial charge in [-0.05, 0) is 43.3 Å². The standard InChI is InChI=1S/C21H16Cl2N2O6/c1-10(25-19(28)14-7-16(22)17(23)8-15(14)20(25)29)21(30)31-9-18(27)12-3-5-13(6-4-12)24-11(2)26/h3-8,10H,9H2,1-2H3,(H,24,26). The molecule has 0 saturated carbocycles. The van der Waals surface area contributed by atoms with E-state index < -0.39 is 36.2 Å². The summed E-state index contributed by atoms with van der Waals surface area (Å²) in [4.78, 5) is 61.6. The Bertz CT molecular complexity index is 1070. The topological polar surface area (TPSA) is 110 Å². The van der Waals surface area contributed by atoms with E-state index in [4.69, 9.17) is 27.9 Å². The average Bonchev–Trinajstić information content (AvgIpc) is 2.95. The third-order valence-electron chi connectivity index (χ3n) is 4.56. The molecule has 1 atom stereocenters. The van der Waals surface area contributed by atoms with E-state index in [9.17, 15) is 24.0 Å². The van der Waals surface area contributed by atoms with E-state index >= 15 is 0 Å². The number of benzene rings is 2. The molecule has 0 saturated heterocycles. The van der Waals surface area contributed by atoms with Crippen LogP contribution in [0.4, 0.5) is 5.69 Å². The second-order valence-corrected chi connectivity index (χ2v) is 7.57. The van der Waals surface area contributed by atoms with Crippen molar-refractivity contribution in [2.24, 2.45) is 0 Å². The number of Topliss-reactive ketones (excluding diaryl/α,β-unsaturated/α-hetero) is 1. The van der Waals surface area contributed by atoms with E-state index in [-0.39, 0.29) is 32.6 Å². The van der Waals surface area contributed by atoms with Crippen LogP contribution < -0.4 is 5.32 Å². The highest BCUT2D eigenvalue weighted by atomic mass is 35.5. The maximum absolute atomic E-state index is 12.6. The lowest BCUT2D eigenvalue weighted by molar-refractivity contribution is -0.146. The smallest absolute Gasteiger partial charge is 0.329 e. The first-order valence-electron chi connectivity index (χ1n) is 9.04. The zero-order valence-electron chi connectivity index (χ0n) is 16.4. The fraction of sp³-hybridized carbons (Fsp3) is 0.190. The van der Waals surface area contributed by atoms with Crippen molar-refractivity contribution in [1.82, 2.24) is 4.90 Å². The Kier molecular flexibility index (Phi) is 6.42. The van der Waals surface area contributed by atoms with E-state index in [1.165, 1.54) is 50.2 Å². The summed E-state index contributed by atoms with van der Waals surface area (Å²) in [5, 5.41) is 2.78. The van der Waals surface area contributed by atoms with Gasteiger partial charge in [-0.2, -0.15) is 0 Å². The first-order valence-corrected chi connectivity index (χ1v) is 9.80. The number of fused-ring (bicyclic) bond motifs is 1. The second-order valence-electron chi connectivity index (χ2n) is 6.76. The van der Waals surface area contributed by atoms with Crippen LogP contribution in [0.5, 0.6) is 0 Å². The third kappa shape index (κ3) is 4.60. The number of nitrogens with zero attached hydrogens (tertiary/aromatic N) is 1. The predicted octanol–water partition coefficient (Wildman–Crippen LogP) is 3.36. The summed E-state index contributed by atoms with van der Waals surface area (Å²) >= 11 is 11.8. The molecule has 1 heterocycles. The molecule has 1 aliphatic heterocycles. The van der Waals surface area contributed by atoms with E-state index in [1.807, 2.05) is 0 Å². The number of esters is 1. The van der Waals surface area contributed by atoms with Crippen molar-refractivity contribution in [2.75, 3.05) is 11.9 Å². The van der Waals surface area contributed by atoms with Crippen LogP contribution in [-0.4, -0.2) is 47.0 Å². The van der Waals surface area contributed by atoms with Gasteiger partial charge in [-0.3, -0.25) is 24.1 Å². The Morgan fingerprint density at radius 3 is 2.00 bits per heavy atom. The monoisotopic (exact) mass is 462 g/mol. The number of halogens is 2. The van der Waals surface area contributed by atoms with Gasteiger partial charge in [0.25, 0.3) is 11.8 Å². The number of rotatable bonds is 6. The van der Waals surface area contributed by atoms with Crippen LogP contribution in [0.1, 0.15) is 44.9 Å². The van der Waals surface area contributed by atoms with Crippen LogP contribution in [0.15, 0.2) is 36.4 Å². The number of carbonyl (C=O) groups is 5. The molecule has 3 amide bonds. The number of ketones is 1. The second kappa shape index (κ2) is 8.87. The lowest BCUT2D eigenvalue weighted by atomic mass is 10.1. The van der Waals surface area contributed by atoms with Gasteiger partial charge in [0.1, 0.15) is 6.04 Å². The fourth-order valence-corrected chi connectivity index (χ4v) is 3.32. The molecule has 2 aromatic rings. The Balaban J connectivity index is 1.64. The van der Waals surface area contributed by atoms with Gasteiger partial charge in [0, 0.05) is 18.2 Å². The number of anilines is 1. The van der Waals surface area contributed by atoms with Crippen molar-refractivity contribution in [3.63, 3.8) is 0 Å². The van der Waals surface area contributed by atoms with Crippen molar-refractivity contribution in [2.45, 2.75) is 19.9 Å². The molecule has 0 aromatic heterocycles. The van der Waals surface area contributed by atoms with Crippen molar-refractivity contribution < 1.29 is 28.7 Å². The summed E-state index contributed by atoms with van der Waals surface area (Å²) in [5.74, 6) is -3.07. The van der Waals surface area contributed by atoms with Gasteiger partial charge in [-0.1, -0.05) is 23.2 Å². The first-order chi connectivity index (χ1) is 14.6. The summed E-state index contributed by atoms with van der Waals surface area (Å²) in [6.07, 6.45) is 0. The van der Waals surface area contributed by atoms with Crippen LogP contribution in [0.3, 0.4) is 0 Å². The number of imide groups is 1. The third-order valence-corrected chi connectivity index (χ3v) is 5.28. The Labute approximate surface area is 187 Å². The summed E-state index contributed by atoms with van der Waals surface area (Å²) in [5.41, 5.74) is 0.851. The Morgan fingerprint density at radius 2 is 1.52 bits per heavy atom. The van der Waals surface area contributed by atoms with Crippen LogP contribution in [0.25, 0.3) is 0 Å². The van der Waals surface area contributed by atoms with Crippen molar-refractivity contribution in [3.8, 4) is 0 Å². The molecule has 10 heteroatoms. The number of ether oxygens (including phenoxy) is 1. The number of carbonyl (C=O) groups excluding carboxylic acids is 5. The van der Waals surface area contributed by atoms with Crippen molar-refractivity contribution in [3.05, 3.63) is 63.1 Å². The van der Waals surface area contributed by atoms with Crippen LogP contribution in [-0.2, 0) is 14.3 Å². The number of hydrogen-bond acceptors (Lipinski definition) is 6. The average molecular weight is 463 g/mol. The van der Waals surface area contributed by atoms with Crippen LogP contribution in [0.2, 0.25) is 10.0 Å². The highest BCUT2D eigenvalue weighted by Crippen LogP contribution is 2.32. The SMILES string of the molecule is CC(=O)Nc1ccc(C(=O)COC(=O)C(C)N2C(=O)c3cc(Cl)c(Cl)cc3C2=O)cc1. The maximum Gasteiger partial charge on any atom is 0.329 e. The maximum atomic E-state index is 12.6. The zero-order valence-corrected chi connectivity index (χ0v) is 17.9. The number of amides is 3. The fourth-order valence-electron chi connectivity index (χ4n) is 2.99. The summed E-state index contributed by atoms with van der Waals surface area (Å²) in [6, 6.07) is 7.30. The minimum absolute atomic E-state index is 0.0365. The van der Waals surface area contributed by atoms with Gasteiger partial charge in [-0.15, -0.1) is 0 Å². The molecule has 8 nitrogen and oxygen atoms in total. The number of hydrogen-bond donors (Lipinski definition) is 1.